The lowest BCUT2D eigenvalue weighted by Crippen LogP contribution is -2.24. The van der Waals surface area contributed by atoms with Crippen molar-refractivity contribution in [2.75, 3.05) is 5.32 Å². The number of hydrogen-bond acceptors (Lipinski definition) is 3. The number of para-hydroxylation sites is 1. The average molecular weight is 314 g/mol. The van der Waals surface area contributed by atoms with E-state index >= 15 is 0 Å². The largest absolute Gasteiger partial charge is 0.467 e. The lowest BCUT2D eigenvalue weighted by Gasteiger charge is -2.11. The van der Waals surface area contributed by atoms with E-state index < -0.39 is 0 Å². The third-order valence-electron chi connectivity index (χ3n) is 3.40. The van der Waals surface area contributed by atoms with Crippen molar-refractivity contribution in [3.63, 3.8) is 0 Å². The Kier molecular flexibility index (Phi) is 5.97. The molecule has 23 heavy (non-hydrogen) atoms. The smallest absolute Gasteiger partial charge is 0.253 e. The molecule has 1 aromatic carbocycles. The molecule has 0 bridgehead atoms. The standard InChI is InChI=1S/C18H22N2O3/c1-13(2)9-10-17(21)20-16-8-4-3-7-15(16)18(22)19-12-14-6-5-11-23-14/h3-8,11,13H,9-10,12H2,1-2H3,(H,19,22)(H,20,21). The van der Waals surface area contributed by atoms with Gasteiger partial charge < -0.3 is 15.1 Å². The molecule has 1 aromatic heterocycles. The maximum atomic E-state index is 12.3. The Balaban J connectivity index is 1.98. The summed E-state index contributed by atoms with van der Waals surface area (Å²) >= 11 is 0. The van der Waals surface area contributed by atoms with E-state index in [0.717, 1.165) is 6.42 Å². The van der Waals surface area contributed by atoms with E-state index in [1.54, 1.807) is 42.7 Å². The van der Waals surface area contributed by atoms with Gasteiger partial charge >= 0.3 is 0 Å². The molecule has 0 spiro atoms. The maximum absolute atomic E-state index is 12.3. The van der Waals surface area contributed by atoms with Crippen LogP contribution in [0.5, 0.6) is 0 Å². The topological polar surface area (TPSA) is 71.3 Å². The van der Waals surface area contributed by atoms with E-state index in [-0.39, 0.29) is 11.8 Å². The molecule has 0 aliphatic carbocycles. The van der Waals surface area contributed by atoms with Gasteiger partial charge in [-0.25, -0.2) is 0 Å². The van der Waals surface area contributed by atoms with Gasteiger partial charge in [0.15, 0.2) is 0 Å². The van der Waals surface area contributed by atoms with Crippen LogP contribution in [0, 0.1) is 5.92 Å². The van der Waals surface area contributed by atoms with Crippen LogP contribution in [0.4, 0.5) is 5.69 Å². The first-order valence-corrected chi connectivity index (χ1v) is 7.75. The molecule has 0 unspecified atom stereocenters. The van der Waals surface area contributed by atoms with Gasteiger partial charge in [-0.15, -0.1) is 0 Å². The van der Waals surface area contributed by atoms with Crippen LogP contribution in [0.25, 0.3) is 0 Å². The maximum Gasteiger partial charge on any atom is 0.253 e. The van der Waals surface area contributed by atoms with Gasteiger partial charge in [-0.1, -0.05) is 26.0 Å². The van der Waals surface area contributed by atoms with E-state index in [1.807, 2.05) is 0 Å². The third-order valence-corrected chi connectivity index (χ3v) is 3.40. The zero-order valence-electron chi connectivity index (χ0n) is 13.5. The molecule has 0 aliphatic heterocycles. The summed E-state index contributed by atoms with van der Waals surface area (Å²) in [5, 5.41) is 5.60. The lowest BCUT2D eigenvalue weighted by molar-refractivity contribution is -0.116. The zero-order chi connectivity index (χ0) is 16.7. The highest BCUT2D eigenvalue weighted by Crippen LogP contribution is 2.16. The Labute approximate surface area is 136 Å². The van der Waals surface area contributed by atoms with Crippen molar-refractivity contribution in [1.29, 1.82) is 0 Å². The summed E-state index contributed by atoms with van der Waals surface area (Å²) in [6.45, 7) is 4.45. The zero-order valence-corrected chi connectivity index (χ0v) is 13.5. The number of carbonyl (C=O) groups excluding carboxylic acids is 2. The molecule has 5 heteroatoms. The van der Waals surface area contributed by atoms with Gasteiger partial charge in [-0.2, -0.15) is 0 Å². The molecule has 122 valence electrons. The van der Waals surface area contributed by atoms with Crippen LogP contribution in [0.2, 0.25) is 0 Å². The van der Waals surface area contributed by atoms with Gasteiger partial charge in [-0.05, 0) is 36.6 Å². The highest BCUT2D eigenvalue weighted by Gasteiger charge is 2.13. The third kappa shape index (κ3) is 5.29. The number of benzene rings is 1. The first-order valence-electron chi connectivity index (χ1n) is 7.75. The van der Waals surface area contributed by atoms with Gasteiger partial charge in [0.25, 0.3) is 5.91 Å². The number of hydrogen-bond donors (Lipinski definition) is 2. The van der Waals surface area contributed by atoms with Crippen LogP contribution in [-0.2, 0) is 11.3 Å². The van der Waals surface area contributed by atoms with Crippen LogP contribution < -0.4 is 10.6 Å². The average Bonchev–Trinajstić information content (AvgIpc) is 3.04. The van der Waals surface area contributed by atoms with Crippen molar-refractivity contribution >= 4 is 17.5 Å². The molecule has 0 radical (unpaired) electrons. The highest BCUT2D eigenvalue weighted by atomic mass is 16.3. The minimum absolute atomic E-state index is 0.0787. The second-order valence-electron chi connectivity index (χ2n) is 5.79. The molecule has 2 amide bonds. The van der Waals surface area contributed by atoms with E-state index in [1.165, 1.54) is 0 Å². The Bertz CT molecular complexity index is 648. The fourth-order valence-electron chi connectivity index (χ4n) is 2.10. The lowest BCUT2D eigenvalue weighted by atomic mass is 10.1. The predicted molar refractivity (Wildman–Crippen MR) is 89.0 cm³/mol. The fraction of sp³-hybridized carbons (Fsp3) is 0.333. The molecule has 2 aromatic rings. The summed E-state index contributed by atoms with van der Waals surface area (Å²) in [6.07, 6.45) is 2.82. The fourth-order valence-corrected chi connectivity index (χ4v) is 2.10. The number of anilines is 1. The molecule has 2 rings (SSSR count). The van der Waals surface area contributed by atoms with Gasteiger partial charge in [0.1, 0.15) is 5.76 Å². The number of amides is 2. The molecule has 0 atom stereocenters. The summed E-state index contributed by atoms with van der Waals surface area (Å²) in [7, 11) is 0. The normalized spacial score (nSPS) is 10.6. The van der Waals surface area contributed by atoms with Crippen molar-refractivity contribution in [3.05, 3.63) is 54.0 Å². The minimum atomic E-state index is -0.249. The Morgan fingerprint density at radius 1 is 1.13 bits per heavy atom. The SMILES string of the molecule is CC(C)CCC(=O)Nc1ccccc1C(=O)NCc1ccco1. The van der Waals surface area contributed by atoms with E-state index in [9.17, 15) is 9.59 Å². The van der Waals surface area contributed by atoms with Crippen LogP contribution in [0.15, 0.2) is 47.1 Å². The van der Waals surface area contributed by atoms with Crippen LogP contribution >= 0.6 is 0 Å². The first kappa shape index (κ1) is 16.8. The quantitative estimate of drug-likeness (QED) is 0.820. The summed E-state index contributed by atoms with van der Waals surface area (Å²) in [5.74, 6) is 0.815. The van der Waals surface area contributed by atoms with E-state index in [4.69, 9.17) is 4.42 Å². The van der Waals surface area contributed by atoms with Crippen molar-refractivity contribution in [2.24, 2.45) is 5.92 Å². The van der Waals surface area contributed by atoms with E-state index in [2.05, 4.69) is 24.5 Å². The summed E-state index contributed by atoms with van der Waals surface area (Å²) < 4.78 is 5.18. The molecule has 0 aliphatic rings. The Morgan fingerprint density at radius 2 is 1.91 bits per heavy atom. The van der Waals surface area contributed by atoms with Gasteiger partial charge in [0, 0.05) is 6.42 Å². The predicted octanol–water partition coefficient (Wildman–Crippen LogP) is 3.58. The molecule has 0 fully saturated rings. The molecule has 2 N–H and O–H groups in total. The summed E-state index contributed by atoms with van der Waals surface area (Å²) in [5.41, 5.74) is 0.968. The number of carbonyl (C=O) groups is 2. The van der Waals surface area contributed by atoms with Gasteiger partial charge in [0.05, 0.1) is 24.1 Å². The molecule has 0 saturated heterocycles. The number of nitrogens with one attached hydrogen (secondary N) is 2. The molecular formula is C18H22N2O3. The highest BCUT2D eigenvalue weighted by molar-refractivity contribution is 6.03. The van der Waals surface area contributed by atoms with Crippen molar-refractivity contribution in [1.82, 2.24) is 5.32 Å². The molecule has 5 nitrogen and oxygen atoms in total. The second-order valence-corrected chi connectivity index (χ2v) is 5.79. The summed E-state index contributed by atoms with van der Waals surface area (Å²) in [4.78, 5) is 24.3. The summed E-state index contributed by atoms with van der Waals surface area (Å²) in [6, 6.07) is 10.5. The molecule has 1 heterocycles. The Hall–Kier alpha value is -2.56. The minimum Gasteiger partial charge on any atom is -0.467 e. The van der Waals surface area contributed by atoms with Crippen molar-refractivity contribution < 1.29 is 14.0 Å². The van der Waals surface area contributed by atoms with Crippen LogP contribution in [0.3, 0.4) is 0 Å². The van der Waals surface area contributed by atoms with Gasteiger partial charge in [-0.3, -0.25) is 9.59 Å². The van der Waals surface area contributed by atoms with Crippen LogP contribution in [-0.4, -0.2) is 11.8 Å². The van der Waals surface area contributed by atoms with Crippen LogP contribution in [0.1, 0.15) is 42.8 Å². The number of furan rings is 1. The van der Waals surface area contributed by atoms with Crippen molar-refractivity contribution in [2.45, 2.75) is 33.2 Å². The second kappa shape index (κ2) is 8.17. The van der Waals surface area contributed by atoms with E-state index in [0.29, 0.717) is 35.9 Å². The molecular weight excluding hydrogens is 292 g/mol. The van der Waals surface area contributed by atoms with Gasteiger partial charge in [0.2, 0.25) is 5.91 Å². The monoisotopic (exact) mass is 314 g/mol. The first-order chi connectivity index (χ1) is 11.1. The van der Waals surface area contributed by atoms with Crippen molar-refractivity contribution in [3.8, 4) is 0 Å². The Morgan fingerprint density at radius 3 is 2.61 bits per heavy atom. The number of rotatable bonds is 7. The molecule has 0 saturated carbocycles.